The third-order valence-electron chi connectivity index (χ3n) is 1.84. The van der Waals surface area contributed by atoms with Crippen molar-refractivity contribution in [3.63, 3.8) is 0 Å². The van der Waals surface area contributed by atoms with Crippen LogP contribution in [0.25, 0.3) is 10.9 Å². The molecule has 0 unspecified atom stereocenters. The van der Waals surface area contributed by atoms with E-state index in [0.29, 0.717) is 18.5 Å². The Labute approximate surface area is 111 Å². The Morgan fingerprint density at radius 1 is 1.53 bits per heavy atom. The fourth-order valence-electron chi connectivity index (χ4n) is 1.11. The lowest BCUT2D eigenvalue weighted by molar-refractivity contribution is -0.128. The van der Waals surface area contributed by atoms with Crippen LogP contribution in [0.1, 0.15) is 6.92 Å². The fraction of sp³-hybridized carbons (Fsp3) is 0.182. The second-order valence-electron chi connectivity index (χ2n) is 2.94. The quantitative estimate of drug-likeness (QED) is 0.664. The minimum absolute atomic E-state index is 0.0867. The number of nitrogens with zero attached hydrogens (tertiary/aromatic N) is 1. The summed E-state index contributed by atoms with van der Waals surface area (Å²) in [5.41, 5.74) is 0.655. The maximum absolute atomic E-state index is 11.2. The van der Waals surface area contributed by atoms with Gasteiger partial charge >= 0.3 is 0 Å². The molecule has 2 rings (SSSR count). The number of aromatic nitrogens is 2. The summed E-state index contributed by atoms with van der Waals surface area (Å²) in [6.45, 7) is 2.66. The highest BCUT2D eigenvalue weighted by Gasteiger charge is 1.97. The smallest absolute Gasteiger partial charge is 0.293 e. The van der Waals surface area contributed by atoms with Gasteiger partial charge in [0.05, 0.1) is 23.8 Å². The molecule has 0 fully saturated rings. The average Bonchev–Trinajstić information content (AvgIpc) is 2.31. The highest BCUT2D eigenvalue weighted by molar-refractivity contribution is 14.1. The van der Waals surface area contributed by atoms with Crippen molar-refractivity contribution in [1.29, 1.82) is 0 Å². The van der Waals surface area contributed by atoms with E-state index < -0.39 is 0 Å². The number of benzene rings is 1. The van der Waals surface area contributed by atoms with Crippen molar-refractivity contribution in [2.75, 3.05) is 6.61 Å². The lowest BCUT2D eigenvalue weighted by Crippen LogP contribution is -2.05. The average molecular weight is 346 g/mol. The van der Waals surface area contributed by atoms with Gasteiger partial charge in [-0.1, -0.05) is 0 Å². The van der Waals surface area contributed by atoms with Gasteiger partial charge in [0.1, 0.15) is 0 Å². The minimum Gasteiger partial charge on any atom is -0.468 e. The highest BCUT2D eigenvalue weighted by Crippen LogP contribution is 2.10. The number of halogens is 1. The first kappa shape index (κ1) is 13.6. The molecule has 5 nitrogen and oxygen atoms in total. The number of carbonyl (C=O) groups is 1. The predicted molar refractivity (Wildman–Crippen MR) is 72.8 cm³/mol. The van der Waals surface area contributed by atoms with E-state index in [1.54, 1.807) is 13.0 Å². The molecule has 2 aromatic rings. The van der Waals surface area contributed by atoms with Crippen molar-refractivity contribution in [3.05, 3.63) is 38.5 Å². The number of hydrogen-bond acceptors (Lipinski definition) is 4. The Morgan fingerprint density at radius 3 is 2.88 bits per heavy atom. The molecule has 0 saturated heterocycles. The zero-order chi connectivity index (χ0) is 12.7. The van der Waals surface area contributed by atoms with Crippen molar-refractivity contribution in [1.82, 2.24) is 9.97 Å². The summed E-state index contributed by atoms with van der Waals surface area (Å²) >= 11 is 2.19. The normalized spacial score (nSPS) is 9.29. The van der Waals surface area contributed by atoms with Gasteiger partial charge < -0.3 is 9.72 Å². The van der Waals surface area contributed by atoms with E-state index in [1.807, 2.05) is 12.1 Å². The number of nitrogens with one attached hydrogen (secondary N) is 1. The summed E-state index contributed by atoms with van der Waals surface area (Å²) in [4.78, 5) is 26.9. The number of ether oxygens (including phenoxy) is 1. The van der Waals surface area contributed by atoms with Crippen LogP contribution in [0.5, 0.6) is 0 Å². The summed E-state index contributed by atoms with van der Waals surface area (Å²) in [6.07, 6.45) is 1.42. The van der Waals surface area contributed by atoms with E-state index in [1.165, 1.54) is 6.33 Å². The number of carbonyl (C=O) groups excluding carboxylic acids is 1. The molecule has 0 aliphatic carbocycles. The van der Waals surface area contributed by atoms with E-state index in [9.17, 15) is 9.59 Å². The third kappa shape index (κ3) is 4.14. The van der Waals surface area contributed by atoms with Crippen molar-refractivity contribution in [3.8, 4) is 0 Å². The zero-order valence-electron chi connectivity index (χ0n) is 9.14. The lowest BCUT2D eigenvalue weighted by Gasteiger charge is -1.94. The number of hydrogen-bond donors (Lipinski definition) is 1. The van der Waals surface area contributed by atoms with Crippen LogP contribution in [0.3, 0.4) is 0 Å². The van der Waals surface area contributed by atoms with Crippen molar-refractivity contribution < 1.29 is 9.53 Å². The molecule has 1 aromatic carbocycles. The summed E-state index contributed by atoms with van der Waals surface area (Å²) in [5, 5.41) is 0.637. The van der Waals surface area contributed by atoms with Crippen molar-refractivity contribution >= 4 is 40.0 Å². The van der Waals surface area contributed by atoms with E-state index in [-0.39, 0.29) is 5.56 Å². The molecule has 17 heavy (non-hydrogen) atoms. The van der Waals surface area contributed by atoms with Gasteiger partial charge in [-0.05, 0) is 47.7 Å². The van der Waals surface area contributed by atoms with Crippen LogP contribution in [0, 0.1) is 3.57 Å². The standard InChI is InChI=1S/C8H5IN2O.C3H6O2/c9-5-1-2-6-7(3-5)10-4-11-8(6)12;1-2-5-3-4/h1-4H,(H,10,11,12);3H,2H2,1H3. The number of aromatic amines is 1. The van der Waals surface area contributed by atoms with Crippen LogP contribution in [0.4, 0.5) is 0 Å². The summed E-state index contributed by atoms with van der Waals surface area (Å²) < 4.78 is 5.23. The molecule has 0 saturated carbocycles. The van der Waals surface area contributed by atoms with Gasteiger partial charge in [-0.25, -0.2) is 4.98 Å². The molecule has 90 valence electrons. The summed E-state index contributed by atoms with van der Waals surface area (Å²) in [5.74, 6) is 0. The third-order valence-corrected chi connectivity index (χ3v) is 2.51. The molecule has 1 heterocycles. The maximum atomic E-state index is 11.2. The number of fused-ring (bicyclic) bond motifs is 1. The number of rotatable bonds is 2. The van der Waals surface area contributed by atoms with Crippen LogP contribution in [0.15, 0.2) is 29.3 Å². The Bertz CT molecular complexity index is 554. The van der Waals surface area contributed by atoms with E-state index in [2.05, 4.69) is 37.3 Å². The topological polar surface area (TPSA) is 72.1 Å². The molecule has 0 atom stereocenters. The molecule has 1 N–H and O–H groups in total. The molecule has 0 radical (unpaired) electrons. The van der Waals surface area contributed by atoms with E-state index in [4.69, 9.17) is 0 Å². The SMILES string of the molecule is CCOC=O.O=c1[nH]cnc2cc(I)ccc12. The summed E-state index contributed by atoms with van der Waals surface area (Å²) in [7, 11) is 0. The zero-order valence-corrected chi connectivity index (χ0v) is 11.3. The second-order valence-corrected chi connectivity index (χ2v) is 4.19. The van der Waals surface area contributed by atoms with Crippen molar-refractivity contribution in [2.45, 2.75) is 6.92 Å². The Hall–Kier alpha value is -1.44. The summed E-state index contributed by atoms with van der Waals surface area (Å²) in [6, 6.07) is 5.55. The first-order valence-electron chi connectivity index (χ1n) is 4.87. The molecular formula is C11H11IN2O3. The van der Waals surface area contributed by atoms with Gasteiger partial charge in [0.25, 0.3) is 12.0 Å². The number of H-pyrrole nitrogens is 1. The van der Waals surface area contributed by atoms with Crippen LogP contribution < -0.4 is 5.56 Å². The molecule has 0 aliphatic heterocycles. The van der Waals surface area contributed by atoms with Crippen LogP contribution in [-0.4, -0.2) is 23.0 Å². The fourth-order valence-corrected chi connectivity index (χ4v) is 1.58. The Morgan fingerprint density at radius 2 is 2.29 bits per heavy atom. The van der Waals surface area contributed by atoms with E-state index in [0.717, 1.165) is 9.09 Å². The first-order chi connectivity index (χ1) is 8.19. The molecule has 0 bridgehead atoms. The Kier molecular flexibility index (Phi) is 5.61. The molecule has 0 amide bonds. The predicted octanol–water partition coefficient (Wildman–Crippen LogP) is 1.71. The first-order valence-corrected chi connectivity index (χ1v) is 5.95. The molecular weight excluding hydrogens is 335 g/mol. The van der Waals surface area contributed by atoms with Gasteiger partial charge in [0.15, 0.2) is 0 Å². The van der Waals surface area contributed by atoms with Crippen LogP contribution >= 0.6 is 22.6 Å². The maximum Gasteiger partial charge on any atom is 0.293 e. The molecule has 0 aliphatic rings. The Balaban J connectivity index is 0.000000249. The highest BCUT2D eigenvalue weighted by atomic mass is 127. The monoisotopic (exact) mass is 346 g/mol. The van der Waals surface area contributed by atoms with Gasteiger partial charge in [0.2, 0.25) is 0 Å². The van der Waals surface area contributed by atoms with Crippen LogP contribution in [0.2, 0.25) is 0 Å². The van der Waals surface area contributed by atoms with E-state index >= 15 is 0 Å². The van der Waals surface area contributed by atoms with Gasteiger partial charge in [0, 0.05) is 3.57 Å². The van der Waals surface area contributed by atoms with Gasteiger partial charge in [-0.15, -0.1) is 0 Å². The molecule has 0 spiro atoms. The molecule has 1 aromatic heterocycles. The van der Waals surface area contributed by atoms with Crippen LogP contribution in [-0.2, 0) is 9.53 Å². The minimum atomic E-state index is -0.0867. The largest absolute Gasteiger partial charge is 0.468 e. The molecule has 6 heteroatoms. The lowest BCUT2D eigenvalue weighted by atomic mass is 10.2. The second kappa shape index (κ2) is 7.00. The van der Waals surface area contributed by atoms with Gasteiger partial charge in [-0.3, -0.25) is 9.59 Å². The van der Waals surface area contributed by atoms with Crippen molar-refractivity contribution in [2.24, 2.45) is 0 Å². The van der Waals surface area contributed by atoms with Gasteiger partial charge in [-0.2, -0.15) is 0 Å².